The van der Waals surface area contributed by atoms with Crippen LogP contribution >= 0.6 is 0 Å². The number of likely N-dealkylation sites (tertiary alicyclic amines) is 1. The molecular formula is C30H30F3N5O5. The number of aromatic nitrogens is 1. The van der Waals surface area contributed by atoms with Gasteiger partial charge in [0, 0.05) is 36.5 Å². The van der Waals surface area contributed by atoms with Crippen LogP contribution in [0.25, 0.3) is 10.9 Å². The van der Waals surface area contributed by atoms with Crippen molar-refractivity contribution in [3.05, 3.63) is 71.9 Å². The number of rotatable bonds is 9. The summed E-state index contributed by atoms with van der Waals surface area (Å²) in [6.45, 7) is -0.378. The van der Waals surface area contributed by atoms with Crippen molar-refractivity contribution in [2.45, 2.75) is 44.1 Å². The molecule has 1 aromatic heterocycles. The number of halogens is 3. The van der Waals surface area contributed by atoms with Crippen LogP contribution in [0.2, 0.25) is 0 Å². The monoisotopic (exact) mass is 597 g/mol. The molecule has 4 N–H and O–H groups in total. The minimum absolute atomic E-state index is 0.0115. The number of carbonyl (C=O) groups excluding carboxylic acids is 5. The van der Waals surface area contributed by atoms with Crippen LogP contribution in [0.1, 0.15) is 35.3 Å². The first kappa shape index (κ1) is 29.8. The van der Waals surface area contributed by atoms with Gasteiger partial charge in [-0.15, -0.1) is 0 Å². The van der Waals surface area contributed by atoms with Gasteiger partial charge in [-0.1, -0.05) is 48.5 Å². The minimum atomic E-state index is -4.68. The Morgan fingerprint density at radius 2 is 1.74 bits per heavy atom. The molecule has 2 aromatic carbocycles. The average molecular weight is 598 g/mol. The standard InChI is InChI=1S/C30H30F3N5O5/c31-30(32,33)20-14-24(38(16-20)29(43)23-12-18-8-4-5-9-21(18)36-23)27(41)37-22(13-19-10-11-34-26(19)40)25(39)28(42)35-15-17-6-2-1-3-7-17/h1-9,12,19-20,22,24,36H,10-11,13-16H2,(H,34,40)(H,35,42)(H,37,41)/t19-,20+,22?,24-/m0/s1. The van der Waals surface area contributed by atoms with Gasteiger partial charge in [0.1, 0.15) is 11.7 Å². The molecule has 0 aliphatic carbocycles. The normalized spacial score (nSPS) is 21.0. The van der Waals surface area contributed by atoms with Crippen molar-refractivity contribution >= 4 is 40.3 Å². The number of hydrogen-bond acceptors (Lipinski definition) is 5. The SMILES string of the molecule is O=C(NCc1ccccc1)C(=O)C(C[C@@H]1CCNC1=O)NC(=O)[C@@H]1C[C@@H](C(F)(F)F)CN1C(=O)c1cc2ccccc2[nH]1. The topological polar surface area (TPSA) is 140 Å². The van der Waals surface area contributed by atoms with E-state index in [-0.39, 0.29) is 24.6 Å². The zero-order valence-corrected chi connectivity index (χ0v) is 22.9. The second kappa shape index (κ2) is 12.3. The van der Waals surface area contributed by atoms with Crippen molar-refractivity contribution in [1.29, 1.82) is 0 Å². The first-order valence-corrected chi connectivity index (χ1v) is 13.9. The Kier molecular flexibility index (Phi) is 8.51. The molecule has 226 valence electrons. The number of ketones is 1. The molecule has 4 atom stereocenters. The smallest absolute Gasteiger partial charge is 0.356 e. The molecule has 0 bridgehead atoms. The molecule has 43 heavy (non-hydrogen) atoms. The number of hydrogen-bond donors (Lipinski definition) is 4. The Balaban J connectivity index is 1.36. The summed E-state index contributed by atoms with van der Waals surface area (Å²) in [7, 11) is 0. The molecule has 10 nitrogen and oxygen atoms in total. The molecule has 0 radical (unpaired) electrons. The van der Waals surface area contributed by atoms with Crippen molar-refractivity contribution in [1.82, 2.24) is 25.8 Å². The second-order valence-corrected chi connectivity index (χ2v) is 10.8. The van der Waals surface area contributed by atoms with Crippen LogP contribution in [0.15, 0.2) is 60.7 Å². The van der Waals surface area contributed by atoms with Gasteiger partial charge < -0.3 is 25.8 Å². The molecule has 2 aliphatic heterocycles. The quantitative estimate of drug-likeness (QED) is 0.281. The lowest BCUT2D eigenvalue weighted by molar-refractivity contribution is -0.170. The highest BCUT2D eigenvalue weighted by Gasteiger charge is 2.51. The van der Waals surface area contributed by atoms with E-state index in [1.807, 2.05) is 0 Å². The van der Waals surface area contributed by atoms with Gasteiger partial charge in [0.05, 0.1) is 12.0 Å². The van der Waals surface area contributed by atoms with Gasteiger partial charge >= 0.3 is 6.18 Å². The summed E-state index contributed by atoms with van der Waals surface area (Å²) in [6, 6.07) is 14.1. The van der Waals surface area contributed by atoms with Gasteiger partial charge in [0.2, 0.25) is 17.6 Å². The van der Waals surface area contributed by atoms with Crippen LogP contribution in [0.5, 0.6) is 0 Å². The van der Waals surface area contributed by atoms with Crippen LogP contribution in [0, 0.1) is 11.8 Å². The molecule has 3 aromatic rings. The number of Topliss-reactive ketones (excluding diaryl/α,β-unsaturated/α-hetero) is 1. The van der Waals surface area contributed by atoms with Crippen LogP contribution in [-0.2, 0) is 25.7 Å². The number of carbonyl (C=O) groups is 5. The molecule has 13 heteroatoms. The Morgan fingerprint density at radius 1 is 1.02 bits per heavy atom. The van der Waals surface area contributed by atoms with E-state index in [9.17, 15) is 37.1 Å². The van der Waals surface area contributed by atoms with E-state index in [4.69, 9.17) is 0 Å². The fourth-order valence-corrected chi connectivity index (χ4v) is 5.57. The highest BCUT2D eigenvalue weighted by Crippen LogP contribution is 2.37. The van der Waals surface area contributed by atoms with Gasteiger partial charge in [-0.3, -0.25) is 24.0 Å². The Labute approximate surface area is 244 Å². The molecular weight excluding hydrogens is 567 g/mol. The van der Waals surface area contributed by atoms with E-state index >= 15 is 0 Å². The second-order valence-electron chi connectivity index (χ2n) is 10.8. The summed E-state index contributed by atoms with van der Waals surface area (Å²) < 4.78 is 41.4. The van der Waals surface area contributed by atoms with Crippen LogP contribution in [0.4, 0.5) is 13.2 Å². The molecule has 5 rings (SSSR count). The fourth-order valence-electron chi connectivity index (χ4n) is 5.57. The van der Waals surface area contributed by atoms with Crippen molar-refractivity contribution in [3.8, 4) is 0 Å². The number of H-pyrrole nitrogens is 1. The summed E-state index contributed by atoms with van der Waals surface area (Å²) >= 11 is 0. The molecule has 3 heterocycles. The number of nitrogens with zero attached hydrogens (tertiary/aromatic N) is 1. The van der Waals surface area contributed by atoms with Crippen molar-refractivity contribution in [3.63, 3.8) is 0 Å². The lowest BCUT2D eigenvalue weighted by Gasteiger charge is -2.26. The van der Waals surface area contributed by atoms with Gasteiger partial charge in [-0.25, -0.2) is 0 Å². The third-order valence-electron chi connectivity index (χ3n) is 7.92. The third kappa shape index (κ3) is 6.71. The lowest BCUT2D eigenvalue weighted by Crippen LogP contribution is -2.54. The van der Waals surface area contributed by atoms with Gasteiger partial charge in [-0.2, -0.15) is 13.2 Å². The Morgan fingerprint density at radius 3 is 2.42 bits per heavy atom. The first-order chi connectivity index (χ1) is 20.5. The van der Waals surface area contributed by atoms with E-state index in [2.05, 4.69) is 20.9 Å². The summed E-state index contributed by atoms with van der Waals surface area (Å²) in [5.41, 5.74) is 1.33. The Hall–Kier alpha value is -4.68. The predicted octanol–water partition coefficient (Wildman–Crippen LogP) is 2.46. The predicted molar refractivity (Wildman–Crippen MR) is 148 cm³/mol. The lowest BCUT2D eigenvalue weighted by atomic mass is 9.94. The third-order valence-corrected chi connectivity index (χ3v) is 7.92. The van der Waals surface area contributed by atoms with E-state index in [1.165, 1.54) is 6.07 Å². The van der Waals surface area contributed by atoms with Gasteiger partial charge in [-0.05, 0) is 37.0 Å². The summed E-state index contributed by atoms with van der Waals surface area (Å²) in [5.74, 6) is -6.88. The number of alkyl halides is 3. The van der Waals surface area contributed by atoms with Crippen LogP contribution < -0.4 is 16.0 Å². The van der Waals surface area contributed by atoms with E-state index in [0.29, 0.717) is 23.9 Å². The molecule has 2 fully saturated rings. The van der Waals surface area contributed by atoms with E-state index < -0.39 is 66.6 Å². The van der Waals surface area contributed by atoms with Crippen LogP contribution in [-0.4, -0.2) is 70.6 Å². The van der Waals surface area contributed by atoms with Crippen molar-refractivity contribution in [2.75, 3.05) is 13.1 Å². The average Bonchev–Trinajstić information content (AvgIpc) is 3.73. The fraction of sp³-hybridized carbons (Fsp3) is 0.367. The van der Waals surface area contributed by atoms with Crippen molar-refractivity contribution in [2.24, 2.45) is 11.8 Å². The van der Waals surface area contributed by atoms with Gasteiger partial charge in [0.25, 0.3) is 11.8 Å². The number of aromatic amines is 1. The van der Waals surface area contributed by atoms with Crippen molar-refractivity contribution < 1.29 is 37.1 Å². The number of benzene rings is 2. The summed E-state index contributed by atoms with van der Waals surface area (Å²) in [4.78, 5) is 69.0. The number of fused-ring (bicyclic) bond motifs is 1. The molecule has 2 aliphatic rings. The molecule has 0 saturated carbocycles. The van der Waals surface area contributed by atoms with Crippen LogP contribution in [0.3, 0.4) is 0 Å². The van der Waals surface area contributed by atoms with E-state index in [0.717, 1.165) is 10.5 Å². The molecule has 2 saturated heterocycles. The number of nitrogens with one attached hydrogen (secondary N) is 4. The van der Waals surface area contributed by atoms with E-state index in [1.54, 1.807) is 54.6 Å². The largest absolute Gasteiger partial charge is 0.393 e. The number of amides is 4. The maximum absolute atomic E-state index is 13.8. The zero-order valence-electron chi connectivity index (χ0n) is 22.9. The highest BCUT2D eigenvalue weighted by molar-refractivity contribution is 6.38. The molecule has 1 unspecified atom stereocenters. The maximum Gasteiger partial charge on any atom is 0.393 e. The molecule has 0 spiro atoms. The minimum Gasteiger partial charge on any atom is -0.356 e. The number of para-hydroxylation sites is 1. The molecule has 4 amide bonds. The van der Waals surface area contributed by atoms with Gasteiger partial charge in [0.15, 0.2) is 0 Å². The summed E-state index contributed by atoms with van der Waals surface area (Å²) in [6.07, 6.45) is -5.26. The maximum atomic E-state index is 13.8. The zero-order chi connectivity index (χ0) is 30.7. The first-order valence-electron chi connectivity index (χ1n) is 13.9. The highest BCUT2D eigenvalue weighted by atomic mass is 19.4. The Bertz CT molecular complexity index is 1510. The summed E-state index contributed by atoms with van der Waals surface area (Å²) in [5, 5.41) is 8.20.